The van der Waals surface area contributed by atoms with E-state index in [0.717, 1.165) is 29.0 Å². The van der Waals surface area contributed by atoms with Crippen LogP contribution < -0.4 is 16.4 Å². The van der Waals surface area contributed by atoms with E-state index in [-0.39, 0.29) is 12.3 Å². The fourth-order valence-electron chi connectivity index (χ4n) is 2.52. The molecule has 1 saturated carbocycles. The van der Waals surface area contributed by atoms with E-state index in [0.29, 0.717) is 11.0 Å². The summed E-state index contributed by atoms with van der Waals surface area (Å²) >= 11 is 1.41. The average molecular weight is 345 g/mol. The Morgan fingerprint density at radius 3 is 2.75 bits per heavy atom. The van der Waals surface area contributed by atoms with Gasteiger partial charge in [0.05, 0.1) is 12.5 Å². The van der Waals surface area contributed by atoms with Crippen LogP contribution in [0.15, 0.2) is 24.3 Å². The number of carbonyl (C=O) groups is 2. The lowest BCUT2D eigenvalue weighted by molar-refractivity contribution is -0.116. The third kappa shape index (κ3) is 4.08. The number of aromatic nitrogens is 2. The molecule has 3 amide bonds. The Bertz CT molecular complexity index is 756. The third-order valence-corrected chi connectivity index (χ3v) is 4.88. The number of benzene rings is 1. The summed E-state index contributed by atoms with van der Waals surface area (Å²) < 4.78 is 0. The Morgan fingerprint density at radius 1 is 1.33 bits per heavy atom. The van der Waals surface area contributed by atoms with Crippen molar-refractivity contribution in [1.82, 2.24) is 15.5 Å². The number of carbonyl (C=O) groups excluding carboxylic acids is 2. The molecule has 0 radical (unpaired) electrons. The zero-order chi connectivity index (χ0) is 17.1. The summed E-state index contributed by atoms with van der Waals surface area (Å²) in [6.07, 6.45) is 2.35. The lowest BCUT2D eigenvalue weighted by Crippen LogP contribution is -2.35. The van der Waals surface area contributed by atoms with Crippen LogP contribution >= 0.6 is 11.3 Å². The fourth-order valence-corrected chi connectivity index (χ4v) is 3.45. The molecule has 2 aromatic rings. The summed E-state index contributed by atoms with van der Waals surface area (Å²) in [7, 11) is 0. The highest BCUT2D eigenvalue weighted by atomic mass is 32.1. The Balaban J connectivity index is 1.68. The Hall–Kier alpha value is -2.48. The van der Waals surface area contributed by atoms with Gasteiger partial charge in [0, 0.05) is 5.92 Å². The van der Waals surface area contributed by atoms with Gasteiger partial charge in [-0.1, -0.05) is 35.6 Å². The molecular weight excluding hydrogens is 326 g/mol. The second-order valence-electron chi connectivity index (χ2n) is 5.89. The van der Waals surface area contributed by atoms with Crippen LogP contribution in [0.1, 0.15) is 47.4 Å². The highest BCUT2D eigenvalue weighted by Crippen LogP contribution is 2.42. The molecule has 1 fully saturated rings. The predicted octanol–water partition coefficient (Wildman–Crippen LogP) is 2.46. The largest absolute Gasteiger partial charge is 0.352 e. The van der Waals surface area contributed by atoms with E-state index in [1.54, 1.807) is 0 Å². The number of nitrogens with zero attached hydrogens (tertiary/aromatic N) is 2. The molecule has 0 aliphatic heterocycles. The second kappa shape index (κ2) is 6.96. The molecule has 1 aromatic heterocycles. The molecule has 1 heterocycles. The Labute approximate surface area is 143 Å². The normalized spacial score (nSPS) is 14.9. The second-order valence-corrected chi connectivity index (χ2v) is 6.90. The van der Waals surface area contributed by atoms with Crippen LogP contribution in [0.3, 0.4) is 0 Å². The maximum Gasteiger partial charge on any atom is 0.312 e. The molecule has 1 aliphatic carbocycles. The fraction of sp³-hybridized carbons (Fsp3) is 0.375. The van der Waals surface area contributed by atoms with Crippen LogP contribution in [0.2, 0.25) is 0 Å². The number of nitrogens with one attached hydrogen (secondary N) is 2. The van der Waals surface area contributed by atoms with Crippen LogP contribution in [0.5, 0.6) is 0 Å². The first-order chi connectivity index (χ1) is 11.5. The molecule has 0 unspecified atom stereocenters. The minimum atomic E-state index is -0.664. The number of aryl methyl sites for hydroxylation is 1. The molecule has 1 aliphatic rings. The van der Waals surface area contributed by atoms with Crippen molar-refractivity contribution in [2.75, 3.05) is 5.32 Å². The van der Waals surface area contributed by atoms with Crippen molar-refractivity contribution in [2.24, 2.45) is 5.73 Å². The summed E-state index contributed by atoms with van der Waals surface area (Å²) in [4.78, 5) is 23.6. The van der Waals surface area contributed by atoms with Gasteiger partial charge in [0.25, 0.3) is 0 Å². The number of anilines is 1. The molecule has 1 atom stereocenters. The lowest BCUT2D eigenvalue weighted by Gasteiger charge is -2.19. The van der Waals surface area contributed by atoms with Crippen LogP contribution in [0.25, 0.3) is 0 Å². The number of hydrogen-bond acceptors (Lipinski definition) is 5. The van der Waals surface area contributed by atoms with Gasteiger partial charge in [0.15, 0.2) is 0 Å². The molecule has 8 heteroatoms. The molecule has 3 rings (SSSR count). The molecule has 4 N–H and O–H groups in total. The monoisotopic (exact) mass is 345 g/mol. The van der Waals surface area contributed by atoms with Crippen molar-refractivity contribution < 1.29 is 9.59 Å². The first-order valence-electron chi connectivity index (χ1n) is 7.77. The van der Waals surface area contributed by atoms with Crippen molar-refractivity contribution in [3.8, 4) is 0 Å². The molecule has 0 spiro atoms. The van der Waals surface area contributed by atoms with Crippen LogP contribution in [0, 0.1) is 6.92 Å². The summed E-state index contributed by atoms with van der Waals surface area (Å²) in [6.45, 7) is 1.93. The summed E-state index contributed by atoms with van der Waals surface area (Å²) in [5, 5.41) is 14.9. The van der Waals surface area contributed by atoms with E-state index >= 15 is 0 Å². The number of amides is 3. The van der Waals surface area contributed by atoms with E-state index < -0.39 is 12.1 Å². The zero-order valence-corrected chi connectivity index (χ0v) is 14.1. The first-order valence-corrected chi connectivity index (χ1v) is 8.59. The average Bonchev–Trinajstić information content (AvgIpc) is 3.27. The quantitative estimate of drug-likeness (QED) is 0.747. The number of nitrogens with two attached hydrogens (primary N) is 1. The highest BCUT2D eigenvalue weighted by molar-refractivity contribution is 7.15. The molecule has 0 bridgehead atoms. The Kier molecular flexibility index (Phi) is 4.75. The molecule has 1 aromatic carbocycles. The summed E-state index contributed by atoms with van der Waals surface area (Å²) in [6, 6.07) is 6.42. The van der Waals surface area contributed by atoms with E-state index in [1.165, 1.54) is 11.3 Å². The third-order valence-electron chi connectivity index (χ3n) is 3.88. The van der Waals surface area contributed by atoms with Crippen LogP contribution in [-0.4, -0.2) is 22.1 Å². The van der Waals surface area contributed by atoms with Crippen LogP contribution in [-0.2, 0) is 4.79 Å². The molecule has 0 saturated heterocycles. The van der Waals surface area contributed by atoms with Gasteiger partial charge < -0.3 is 16.4 Å². The van der Waals surface area contributed by atoms with Crippen molar-refractivity contribution in [3.05, 3.63) is 40.4 Å². The minimum Gasteiger partial charge on any atom is -0.352 e. The van der Waals surface area contributed by atoms with E-state index in [1.807, 2.05) is 31.2 Å². The summed E-state index contributed by atoms with van der Waals surface area (Å²) in [5.74, 6) is 0.264. The topological polar surface area (TPSA) is 110 Å². The van der Waals surface area contributed by atoms with E-state index in [2.05, 4.69) is 20.8 Å². The van der Waals surface area contributed by atoms with Gasteiger partial charge in [-0.3, -0.25) is 4.79 Å². The van der Waals surface area contributed by atoms with Gasteiger partial charge in [-0.05, 0) is 30.9 Å². The van der Waals surface area contributed by atoms with Crippen LogP contribution in [0.4, 0.5) is 9.93 Å². The van der Waals surface area contributed by atoms with Gasteiger partial charge in [-0.2, -0.15) is 0 Å². The molecule has 24 heavy (non-hydrogen) atoms. The van der Waals surface area contributed by atoms with Crippen molar-refractivity contribution in [1.29, 1.82) is 0 Å². The zero-order valence-electron chi connectivity index (χ0n) is 13.3. The first kappa shape index (κ1) is 16.4. The van der Waals surface area contributed by atoms with E-state index in [4.69, 9.17) is 5.73 Å². The maximum atomic E-state index is 12.3. The minimum absolute atomic E-state index is 0.0755. The number of hydrogen-bond donors (Lipinski definition) is 3. The highest BCUT2D eigenvalue weighted by Gasteiger charge is 2.28. The smallest absolute Gasteiger partial charge is 0.312 e. The molecule has 126 valence electrons. The number of urea groups is 1. The van der Waals surface area contributed by atoms with Crippen molar-refractivity contribution in [2.45, 2.75) is 38.1 Å². The summed E-state index contributed by atoms with van der Waals surface area (Å²) in [5.41, 5.74) is 7.10. The molecule has 7 nitrogen and oxygen atoms in total. The van der Waals surface area contributed by atoms with E-state index in [9.17, 15) is 9.59 Å². The van der Waals surface area contributed by atoms with Gasteiger partial charge in [-0.15, -0.1) is 10.2 Å². The SMILES string of the molecule is Cc1ccccc1[C@@H](CC(=O)Nc1nnc(C2CC2)s1)NC(N)=O. The van der Waals surface area contributed by atoms with Gasteiger partial charge in [0.2, 0.25) is 11.0 Å². The van der Waals surface area contributed by atoms with Gasteiger partial charge in [0.1, 0.15) is 5.01 Å². The molecular formula is C16H19N5O2S. The van der Waals surface area contributed by atoms with Gasteiger partial charge in [-0.25, -0.2) is 4.79 Å². The number of primary amides is 1. The van der Waals surface area contributed by atoms with Crippen molar-refractivity contribution >= 4 is 28.4 Å². The van der Waals surface area contributed by atoms with Gasteiger partial charge >= 0.3 is 6.03 Å². The Morgan fingerprint density at radius 2 is 2.08 bits per heavy atom. The predicted molar refractivity (Wildman–Crippen MR) is 91.8 cm³/mol. The maximum absolute atomic E-state index is 12.3. The van der Waals surface area contributed by atoms with Crippen molar-refractivity contribution in [3.63, 3.8) is 0 Å². The lowest BCUT2D eigenvalue weighted by atomic mass is 9.98. The standard InChI is InChI=1S/C16H19N5O2S/c1-9-4-2-3-5-11(9)12(18-15(17)23)8-13(22)19-16-21-20-14(24-16)10-6-7-10/h2-5,10,12H,6-8H2,1H3,(H3,17,18,23)(H,19,21,22)/t12-/m1/s1. The number of rotatable bonds is 6.